The number of pyridine rings is 1. The summed E-state index contributed by atoms with van der Waals surface area (Å²) in [5.74, 6) is 0. The van der Waals surface area contributed by atoms with Crippen molar-refractivity contribution < 1.29 is 17.6 Å². The van der Waals surface area contributed by atoms with E-state index < -0.39 is 18.8 Å². The van der Waals surface area contributed by atoms with Crippen LogP contribution in [0.15, 0.2) is 36.7 Å². The zero-order chi connectivity index (χ0) is 25.8. The minimum atomic E-state index is -4.32. The van der Waals surface area contributed by atoms with E-state index in [9.17, 15) is 17.6 Å². The van der Waals surface area contributed by atoms with Crippen molar-refractivity contribution in [3.63, 3.8) is 0 Å². The van der Waals surface area contributed by atoms with Gasteiger partial charge in [0.05, 0.1) is 48.6 Å². The number of aromatic amines is 1. The maximum atomic E-state index is 13.6. The first-order valence-electron chi connectivity index (χ1n) is 13.0. The van der Waals surface area contributed by atoms with E-state index >= 15 is 0 Å². The van der Waals surface area contributed by atoms with Gasteiger partial charge in [0.15, 0.2) is 0 Å². The Kier molecular flexibility index (Phi) is 6.14. The van der Waals surface area contributed by atoms with Crippen LogP contribution in [0.3, 0.4) is 0 Å². The second-order valence-electron chi connectivity index (χ2n) is 11.0. The third kappa shape index (κ3) is 4.69. The van der Waals surface area contributed by atoms with E-state index in [1.807, 2.05) is 31.2 Å². The highest BCUT2D eigenvalue weighted by atomic mass is 19.4. The molecule has 3 aliphatic rings. The van der Waals surface area contributed by atoms with Crippen molar-refractivity contribution in [2.24, 2.45) is 5.41 Å². The molecule has 6 nitrogen and oxygen atoms in total. The second-order valence-corrected chi connectivity index (χ2v) is 11.0. The van der Waals surface area contributed by atoms with Gasteiger partial charge in [0, 0.05) is 42.5 Å². The van der Waals surface area contributed by atoms with Crippen LogP contribution in [0.25, 0.3) is 10.9 Å². The first kappa shape index (κ1) is 24.6. The Morgan fingerprint density at radius 1 is 1.16 bits per heavy atom. The summed E-state index contributed by atoms with van der Waals surface area (Å²) in [7, 11) is 0. The molecule has 3 aromatic rings. The van der Waals surface area contributed by atoms with E-state index in [-0.39, 0.29) is 24.2 Å². The molecule has 4 heterocycles. The predicted octanol–water partition coefficient (Wildman–Crippen LogP) is 5.09. The van der Waals surface area contributed by atoms with Crippen molar-refractivity contribution in [2.45, 2.75) is 56.9 Å². The molecule has 1 aromatic carbocycles. The van der Waals surface area contributed by atoms with Gasteiger partial charge in [0.2, 0.25) is 0 Å². The van der Waals surface area contributed by atoms with Gasteiger partial charge in [-0.3, -0.25) is 19.4 Å². The number of fused-ring (bicyclic) bond motifs is 3. The van der Waals surface area contributed by atoms with Gasteiger partial charge in [-0.05, 0) is 61.9 Å². The number of rotatable bonds is 7. The molecule has 1 spiro atoms. The smallest absolute Gasteiger partial charge is 0.379 e. The summed E-state index contributed by atoms with van der Waals surface area (Å²) in [5, 5.41) is 11.7. The van der Waals surface area contributed by atoms with Crippen LogP contribution in [0.5, 0.6) is 0 Å². The van der Waals surface area contributed by atoms with Crippen LogP contribution in [-0.2, 0) is 6.42 Å². The maximum Gasteiger partial charge on any atom is 0.401 e. The van der Waals surface area contributed by atoms with Gasteiger partial charge in [0.25, 0.3) is 0 Å². The van der Waals surface area contributed by atoms with E-state index in [0.717, 1.165) is 60.2 Å². The third-order valence-corrected chi connectivity index (χ3v) is 8.45. The van der Waals surface area contributed by atoms with Crippen LogP contribution >= 0.6 is 0 Å². The molecule has 6 rings (SSSR count). The van der Waals surface area contributed by atoms with Gasteiger partial charge >= 0.3 is 6.18 Å². The van der Waals surface area contributed by atoms with Gasteiger partial charge in [0.1, 0.15) is 0 Å². The monoisotopic (exact) mass is 516 g/mol. The standard InChI is InChI=1S/C27H32F4N6/c1-17-11-20-19(4-6-22-21(20)13-33-35-22)25(37(17)16-27(29,30)31)23-5-3-18(12-32-23)34-24-14-36(10-2-9-28)15-26(24)7-8-26/h3-6,12-13,17,24-25,34H,2,7-11,14-16H2,1H3,(H,33,35)/t17-,24-,25+/m1/s1. The van der Waals surface area contributed by atoms with Gasteiger partial charge in [-0.2, -0.15) is 18.3 Å². The Hall–Kier alpha value is -2.72. The number of halogens is 4. The number of benzene rings is 1. The van der Waals surface area contributed by atoms with Crippen molar-refractivity contribution in [1.29, 1.82) is 0 Å². The summed E-state index contributed by atoms with van der Waals surface area (Å²) in [6, 6.07) is 6.93. The Bertz CT molecular complexity index is 1250. The molecule has 2 aliphatic heterocycles. The molecule has 1 saturated carbocycles. The van der Waals surface area contributed by atoms with Crippen LogP contribution in [0, 0.1) is 5.41 Å². The summed E-state index contributed by atoms with van der Waals surface area (Å²) in [4.78, 5) is 8.55. The fourth-order valence-electron chi connectivity index (χ4n) is 6.45. The van der Waals surface area contributed by atoms with Crippen LogP contribution in [-0.4, -0.2) is 76.1 Å². The molecule has 0 bridgehead atoms. The predicted molar refractivity (Wildman–Crippen MR) is 134 cm³/mol. The molecule has 37 heavy (non-hydrogen) atoms. The average molecular weight is 517 g/mol. The third-order valence-electron chi connectivity index (χ3n) is 8.45. The zero-order valence-corrected chi connectivity index (χ0v) is 20.9. The van der Waals surface area contributed by atoms with Gasteiger partial charge in [-0.15, -0.1) is 0 Å². The fourth-order valence-corrected chi connectivity index (χ4v) is 6.45. The number of hydrogen-bond acceptors (Lipinski definition) is 5. The van der Waals surface area contributed by atoms with Gasteiger partial charge < -0.3 is 10.2 Å². The van der Waals surface area contributed by atoms with E-state index in [4.69, 9.17) is 4.98 Å². The van der Waals surface area contributed by atoms with Crippen LogP contribution in [0.1, 0.15) is 49.0 Å². The second kappa shape index (κ2) is 9.23. The molecular formula is C27H32F4N6. The number of likely N-dealkylation sites (tertiary alicyclic amines) is 1. The summed E-state index contributed by atoms with van der Waals surface area (Å²) in [6.07, 6.45) is 2.57. The highest BCUT2D eigenvalue weighted by Crippen LogP contribution is 2.53. The molecule has 1 aliphatic carbocycles. The lowest BCUT2D eigenvalue weighted by Gasteiger charge is -2.42. The molecule has 198 valence electrons. The topological polar surface area (TPSA) is 60.1 Å². The lowest BCUT2D eigenvalue weighted by Crippen LogP contribution is -2.47. The highest BCUT2D eigenvalue weighted by molar-refractivity contribution is 5.83. The van der Waals surface area contributed by atoms with Crippen molar-refractivity contribution in [3.8, 4) is 0 Å². The summed E-state index contributed by atoms with van der Waals surface area (Å²) in [6.45, 7) is 3.18. The molecule has 0 amide bonds. The van der Waals surface area contributed by atoms with E-state index in [0.29, 0.717) is 18.5 Å². The molecule has 2 fully saturated rings. The summed E-state index contributed by atoms with van der Waals surface area (Å²) < 4.78 is 53.6. The van der Waals surface area contributed by atoms with Crippen molar-refractivity contribution >= 4 is 16.6 Å². The zero-order valence-electron chi connectivity index (χ0n) is 20.9. The Balaban J connectivity index is 1.28. The number of alkyl halides is 4. The van der Waals surface area contributed by atoms with Crippen molar-refractivity contribution in [2.75, 3.05) is 38.2 Å². The SMILES string of the molecule is C[C@@H]1Cc2c(ccc3[nH]ncc23)[C@@H](c2ccc(N[C@@H]3CN(CCCF)CC34CC4)cn2)N1CC(F)(F)F. The van der Waals surface area contributed by atoms with Gasteiger partial charge in [-0.1, -0.05) is 6.07 Å². The first-order valence-corrected chi connectivity index (χ1v) is 13.0. The quantitative estimate of drug-likeness (QED) is 0.429. The van der Waals surface area contributed by atoms with Crippen LogP contribution in [0.2, 0.25) is 0 Å². The van der Waals surface area contributed by atoms with Crippen LogP contribution in [0.4, 0.5) is 23.2 Å². The number of nitrogens with zero attached hydrogens (tertiary/aromatic N) is 4. The number of aromatic nitrogens is 3. The summed E-state index contributed by atoms with van der Waals surface area (Å²) >= 11 is 0. The molecular weight excluding hydrogens is 484 g/mol. The average Bonchev–Trinajstić information content (AvgIpc) is 3.32. The molecule has 1 saturated heterocycles. The lowest BCUT2D eigenvalue weighted by atomic mass is 9.85. The molecule has 3 atom stereocenters. The molecule has 0 radical (unpaired) electrons. The fraction of sp³-hybridized carbons (Fsp3) is 0.556. The number of hydrogen-bond donors (Lipinski definition) is 2. The Morgan fingerprint density at radius 2 is 2.00 bits per heavy atom. The molecule has 2 N–H and O–H groups in total. The van der Waals surface area contributed by atoms with E-state index in [1.54, 1.807) is 12.4 Å². The minimum Gasteiger partial charge on any atom is -0.379 e. The van der Waals surface area contributed by atoms with Crippen molar-refractivity contribution in [1.82, 2.24) is 25.0 Å². The minimum absolute atomic E-state index is 0.242. The largest absolute Gasteiger partial charge is 0.401 e. The number of anilines is 1. The first-order chi connectivity index (χ1) is 17.8. The van der Waals surface area contributed by atoms with E-state index in [2.05, 4.69) is 20.4 Å². The molecule has 0 unspecified atom stereocenters. The highest BCUT2D eigenvalue weighted by Gasteiger charge is 2.54. The van der Waals surface area contributed by atoms with Crippen molar-refractivity contribution in [3.05, 3.63) is 53.5 Å². The van der Waals surface area contributed by atoms with Crippen LogP contribution < -0.4 is 5.32 Å². The van der Waals surface area contributed by atoms with E-state index in [1.165, 1.54) is 4.90 Å². The lowest BCUT2D eigenvalue weighted by molar-refractivity contribution is -0.155. The summed E-state index contributed by atoms with van der Waals surface area (Å²) in [5.41, 5.74) is 4.47. The molecule has 2 aromatic heterocycles. The number of H-pyrrole nitrogens is 1. The number of nitrogens with one attached hydrogen (secondary N) is 2. The Labute approximate surface area is 213 Å². The maximum absolute atomic E-state index is 13.6. The Morgan fingerprint density at radius 3 is 2.70 bits per heavy atom. The normalized spacial score (nSPS) is 25.6. The van der Waals surface area contributed by atoms with Gasteiger partial charge in [-0.25, -0.2) is 0 Å². The molecule has 10 heteroatoms.